The van der Waals surface area contributed by atoms with Gasteiger partial charge in [-0.15, -0.1) is 5.10 Å². The first-order chi connectivity index (χ1) is 6.27. The quantitative estimate of drug-likeness (QED) is 0.749. The molecule has 2 heterocycles. The minimum absolute atomic E-state index is 0.264. The molecule has 2 N–H and O–H groups in total. The zero-order valence-corrected chi connectivity index (χ0v) is 7.90. The molecule has 2 aromatic heterocycles. The topological polar surface area (TPSA) is 69.6 Å². The monoisotopic (exact) mass is 195 g/mol. The van der Waals surface area contributed by atoms with Gasteiger partial charge in [0.2, 0.25) is 0 Å². The number of hydrogen-bond donors (Lipinski definition) is 1. The summed E-state index contributed by atoms with van der Waals surface area (Å²) in [5, 5.41) is 9.92. The molecule has 0 aliphatic rings. The van der Waals surface area contributed by atoms with Crippen LogP contribution in [0.3, 0.4) is 0 Å². The molecule has 5 nitrogen and oxygen atoms in total. The van der Waals surface area contributed by atoms with E-state index < -0.39 is 0 Å². The van der Waals surface area contributed by atoms with Crippen molar-refractivity contribution in [3.8, 4) is 0 Å². The Bertz CT molecular complexity index is 379. The molecule has 1 unspecified atom stereocenters. The molecule has 6 heteroatoms. The number of nitrogens with zero attached hydrogens (tertiary/aromatic N) is 4. The molecular formula is C7H9N5S. The fourth-order valence-electron chi connectivity index (χ4n) is 1.06. The zero-order chi connectivity index (χ0) is 9.26. The van der Waals surface area contributed by atoms with Gasteiger partial charge in [-0.05, 0) is 17.6 Å². The van der Waals surface area contributed by atoms with E-state index in [0.717, 1.165) is 11.4 Å². The SMILES string of the molecule is Cn1ccc(C(N)c2csnn2)n1. The Labute approximate surface area is 79.4 Å². The highest BCUT2D eigenvalue weighted by Crippen LogP contribution is 2.15. The van der Waals surface area contributed by atoms with Gasteiger partial charge in [0.1, 0.15) is 0 Å². The maximum Gasteiger partial charge on any atom is 0.0984 e. The maximum atomic E-state index is 5.90. The second kappa shape index (κ2) is 3.23. The summed E-state index contributed by atoms with van der Waals surface area (Å²) < 4.78 is 5.47. The fraction of sp³-hybridized carbons (Fsp3) is 0.286. The third-order valence-corrected chi connectivity index (χ3v) is 2.27. The van der Waals surface area contributed by atoms with Crippen molar-refractivity contribution >= 4 is 11.5 Å². The van der Waals surface area contributed by atoms with Gasteiger partial charge >= 0.3 is 0 Å². The number of nitrogens with two attached hydrogens (primary N) is 1. The first-order valence-electron chi connectivity index (χ1n) is 3.79. The van der Waals surface area contributed by atoms with Crippen LogP contribution in [0.1, 0.15) is 17.4 Å². The van der Waals surface area contributed by atoms with E-state index in [0.29, 0.717) is 0 Å². The molecule has 1 atom stereocenters. The summed E-state index contributed by atoms with van der Waals surface area (Å²) in [6.45, 7) is 0. The molecule has 0 spiro atoms. The van der Waals surface area contributed by atoms with E-state index in [1.807, 2.05) is 24.7 Å². The molecular weight excluding hydrogens is 186 g/mol. The third-order valence-electron chi connectivity index (χ3n) is 1.75. The minimum Gasteiger partial charge on any atom is -0.318 e. The Morgan fingerprint density at radius 2 is 2.38 bits per heavy atom. The highest BCUT2D eigenvalue weighted by molar-refractivity contribution is 7.03. The molecule has 0 radical (unpaired) electrons. The number of rotatable bonds is 2. The van der Waals surface area contributed by atoms with Gasteiger partial charge in [0.05, 0.1) is 17.4 Å². The summed E-state index contributed by atoms with van der Waals surface area (Å²) in [4.78, 5) is 0. The Morgan fingerprint density at radius 1 is 1.54 bits per heavy atom. The largest absolute Gasteiger partial charge is 0.318 e. The summed E-state index contributed by atoms with van der Waals surface area (Å²) in [5.41, 5.74) is 7.48. The summed E-state index contributed by atoms with van der Waals surface area (Å²) in [6.07, 6.45) is 1.86. The normalized spacial score (nSPS) is 13.1. The summed E-state index contributed by atoms with van der Waals surface area (Å²) in [5.74, 6) is 0. The molecule has 0 amide bonds. The van der Waals surface area contributed by atoms with Crippen LogP contribution in [0.25, 0.3) is 0 Å². The lowest BCUT2D eigenvalue weighted by molar-refractivity contribution is 0.705. The van der Waals surface area contributed by atoms with Gasteiger partial charge in [-0.1, -0.05) is 4.49 Å². The highest BCUT2D eigenvalue weighted by Gasteiger charge is 2.13. The second-order valence-corrected chi connectivity index (χ2v) is 3.33. The van der Waals surface area contributed by atoms with Crippen molar-refractivity contribution in [2.75, 3.05) is 0 Å². The van der Waals surface area contributed by atoms with Gasteiger partial charge in [0.15, 0.2) is 0 Å². The predicted octanol–water partition coefficient (Wildman–Crippen LogP) is 0.320. The molecule has 13 heavy (non-hydrogen) atoms. The lowest BCUT2D eigenvalue weighted by atomic mass is 10.2. The Kier molecular flexibility index (Phi) is 2.07. The Balaban J connectivity index is 2.28. The van der Waals surface area contributed by atoms with Crippen molar-refractivity contribution in [2.45, 2.75) is 6.04 Å². The van der Waals surface area contributed by atoms with Crippen LogP contribution >= 0.6 is 11.5 Å². The average Bonchev–Trinajstić information content (AvgIpc) is 2.72. The van der Waals surface area contributed by atoms with Crippen molar-refractivity contribution in [3.63, 3.8) is 0 Å². The van der Waals surface area contributed by atoms with Crippen LogP contribution in [0.5, 0.6) is 0 Å². The van der Waals surface area contributed by atoms with Crippen LogP contribution in [0.15, 0.2) is 17.6 Å². The van der Waals surface area contributed by atoms with E-state index in [9.17, 15) is 0 Å². The summed E-state index contributed by atoms with van der Waals surface area (Å²) >= 11 is 1.29. The predicted molar refractivity (Wildman–Crippen MR) is 49.1 cm³/mol. The van der Waals surface area contributed by atoms with Crippen molar-refractivity contribution in [2.24, 2.45) is 12.8 Å². The zero-order valence-electron chi connectivity index (χ0n) is 7.08. The minimum atomic E-state index is -0.264. The molecule has 68 valence electrons. The Morgan fingerprint density at radius 3 is 2.92 bits per heavy atom. The standard InChI is InChI=1S/C7H9N5S/c1-12-3-2-5(10-12)7(8)6-4-13-11-9-6/h2-4,7H,8H2,1H3. The van der Waals surface area contributed by atoms with Crippen LogP contribution in [0, 0.1) is 0 Å². The number of hydrogen-bond acceptors (Lipinski definition) is 5. The molecule has 0 aromatic carbocycles. The van der Waals surface area contributed by atoms with Gasteiger partial charge in [0, 0.05) is 18.6 Å². The van der Waals surface area contributed by atoms with E-state index in [1.54, 1.807) is 4.68 Å². The van der Waals surface area contributed by atoms with Gasteiger partial charge in [-0.2, -0.15) is 5.10 Å². The van der Waals surface area contributed by atoms with Gasteiger partial charge in [0.25, 0.3) is 0 Å². The summed E-state index contributed by atoms with van der Waals surface area (Å²) in [6, 6.07) is 1.62. The van der Waals surface area contributed by atoms with Crippen molar-refractivity contribution in [1.29, 1.82) is 0 Å². The van der Waals surface area contributed by atoms with Gasteiger partial charge in [-0.25, -0.2) is 0 Å². The molecule has 2 aromatic rings. The van der Waals surface area contributed by atoms with E-state index in [-0.39, 0.29) is 6.04 Å². The molecule has 0 bridgehead atoms. The van der Waals surface area contributed by atoms with Crippen LogP contribution in [-0.2, 0) is 7.05 Å². The maximum absolute atomic E-state index is 5.90. The molecule has 0 saturated carbocycles. The second-order valence-electron chi connectivity index (χ2n) is 2.72. The lowest BCUT2D eigenvalue weighted by Crippen LogP contribution is -2.13. The van der Waals surface area contributed by atoms with Crippen LogP contribution in [0.4, 0.5) is 0 Å². The first kappa shape index (κ1) is 8.33. The van der Waals surface area contributed by atoms with Crippen molar-refractivity contribution in [1.82, 2.24) is 19.4 Å². The molecule has 0 fully saturated rings. The smallest absolute Gasteiger partial charge is 0.0984 e. The molecule has 0 aliphatic carbocycles. The van der Waals surface area contributed by atoms with Gasteiger partial charge in [-0.3, -0.25) is 4.68 Å². The van der Waals surface area contributed by atoms with Crippen molar-refractivity contribution < 1.29 is 0 Å². The molecule has 2 rings (SSSR count). The van der Waals surface area contributed by atoms with E-state index >= 15 is 0 Å². The van der Waals surface area contributed by atoms with E-state index in [4.69, 9.17) is 5.73 Å². The van der Waals surface area contributed by atoms with Crippen molar-refractivity contribution in [3.05, 3.63) is 29.0 Å². The molecule has 0 saturated heterocycles. The molecule has 0 aliphatic heterocycles. The van der Waals surface area contributed by atoms with E-state index in [2.05, 4.69) is 14.7 Å². The number of aryl methyl sites for hydroxylation is 1. The summed E-state index contributed by atoms with van der Waals surface area (Å²) in [7, 11) is 1.86. The fourth-order valence-corrected chi connectivity index (χ4v) is 1.55. The van der Waals surface area contributed by atoms with Crippen LogP contribution < -0.4 is 5.73 Å². The Hall–Kier alpha value is -1.27. The van der Waals surface area contributed by atoms with E-state index in [1.165, 1.54) is 11.5 Å². The third kappa shape index (κ3) is 1.58. The van der Waals surface area contributed by atoms with Crippen LogP contribution in [0.2, 0.25) is 0 Å². The highest BCUT2D eigenvalue weighted by atomic mass is 32.1. The van der Waals surface area contributed by atoms with Crippen LogP contribution in [-0.4, -0.2) is 19.4 Å². The average molecular weight is 195 g/mol. The lowest BCUT2D eigenvalue weighted by Gasteiger charge is -2.02. The first-order valence-corrected chi connectivity index (χ1v) is 4.63. The van der Waals surface area contributed by atoms with Gasteiger partial charge < -0.3 is 5.73 Å². The number of aromatic nitrogens is 4.